The first-order chi connectivity index (χ1) is 11.1. The van der Waals surface area contributed by atoms with Crippen molar-refractivity contribution in [2.45, 2.75) is 13.8 Å². The van der Waals surface area contributed by atoms with Crippen LogP contribution in [0.2, 0.25) is 0 Å². The summed E-state index contributed by atoms with van der Waals surface area (Å²) in [6.45, 7) is 3.77. The maximum absolute atomic E-state index is 12.1. The van der Waals surface area contributed by atoms with Gasteiger partial charge in [0.05, 0.1) is 11.3 Å². The molecule has 114 valence electrons. The molecule has 0 unspecified atom stereocenters. The number of pyridine rings is 1. The normalized spacial score (nSPS) is 11.5. The fourth-order valence-electron chi connectivity index (χ4n) is 2.36. The fourth-order valence-corrected chi connectivity index (χ4v) is 2.36. The summed E-state index contributed by atoms with van der Waals surface area (Å²) in [7, 11) is 0. The Hall–Kier alpha value is -3.01. The first kappa shape index (κ1) is 14.9. The minimum Gasteiger partial charge on any atom is -0.267 e. The van der Waals surface area contributed by atoms with E-state index in [1.807, 2.05) is 32.0 Å². The zero-order chi connectivity index (χ0) is 16.2. The number of carbonyl (C=O) groups excluding carboxylic acids is 1. The maximum atomic E-state index is 12.1. The number of nitrogens with zero attached hydrogens (tertiary/aromatic N) is 2. The summed E-state index contributed by atoms with van der Waals surface area (Å²) >= 11 is 0. The Balaban J connectivity index is 1.79. The molecule has 23 heavy (non-hydrogen) atoms. The molecule has 1 N–H and O–H groups in total. The molecule has 0 aliphatic carbocycles. The van der Waals surface area contributed by atoms with Crippen LogP contribution in [0.15, 0.2) is 66.0 Å². The van der Waals surface area contributed by atoms with E-state index in [1.165, 1.54) is 11.6 Å². The van der Waals surface area contributed by atoms with Crippen molar-refractivity contribution >= 4 is 22.4 Å². The van der Waals surface area contributed by atoms with Gasteiger partial charge >= 0.3 is 0 Å². The fraction of sp³-hybridized carbons (Fsp3) is 0.105. The molecule has 1 heterocycles. The van der Waals surface area contributed by atoms with Crippen molar-refractivity contribution in [1.82, 2.24) is 10.4 Å². The molecule has 4 heteroatoms. The van der Waals surface area contributed by atoms with Gasteiger partial charge in [-0.1, -0.05) is 36.4 Å². The Labute approximate surface area is 134 Å². The summed E-state index contributed by atoms with van der Waals surface area (Å²) in [5.41, 5.74) is 5.75. The number of hydrazone groups is 1. The number of hydrogen-bond donors (Lipinski definition) is 1. The van der Waals surface area contributed by atoms with Crippen molar-refractivity contribution in [1.29, 1.82) is 0 Å². The van der Waals surface area contributed by atoms with E-state index in [4.69, 9.17) is 0 Å². The van der Waals surface area contributed by atoms with Gasteiger partial charge in [-0.05, 0) is 47.9 Å². The molecule has 3 aromatic rings. The van der Waals surface area contributed by atoms with Crippen molar-refractivity contribution in [3.05, 3.63) is 77.6 Å². The van der Waals surface area contributed by atoms with Gasteiger partial charge in [-0.15, -0.1) is 0 Å². The van der Waals surface area contributed by atoms with Gasteiger partial charge in [-0.2, -0.15) is 5.10 Å². The van der Waals surface area contributed by atoms with Gasteiger partial charge in [-0.25, -0.2) is 5.43 Å². The zero-order valence-electron chi connectivity index (χ0n) is 13.1. The molecule has 0 fully saturated rings. The highest BCUT2D eigenvalue weighted by Gasteiger charge is 2.06. The number of benzene rings is 2. The largest absolute Gasteiger partial charge is 0.272 e. The highest BCUT2D eigenvalue weighted by Crippen LogP contribution is 2.16. The second-order valence-corrected chi connectivity index (χ2v) is 5.45. The number of rotatable bonds is 3. The summed E-state index contributed by atoms with van der Waals surface area (Å²) in [5.74, 6) is -0.263. The molecule has 2 aromatic carbocycles. The van der Waals surface area contributed by atoms with Crippen LogP contribution < -0.4 is 5.43 Å². The quantitative estimate of drug-likeness (QED) is 0.592. The molecule has 0 atom stereocenters. The molecular formula is C19H17N3O. The van der Waals surface area contributed by atoms with Crippen LogP contribution in [0.25, 0.3) is 10.8 Å². The molecule has 0 spiro atoms. The second kappa shape index (κ2) is 6.40. The monoisotopic (exact) mass is 303 g/mol. The standard InChI is InChI=1S/C19H17N3O/c1-13-9-18(12-20-11-13)19(23)22-21-14(2)16-8-7-15-5-3-4-6-17(15)10-16/h3-12H,1-2H3,(H,22,23). The third kappa shape index (κ3) is 3.43. The van der Waals surface area contributed by atoms with Crippen LogP contribution in [-0.2, 0) is 0 Å². The highest BCUT2D eigenvalue weighted by molar-refractivity contribution is 6.03. The van der Waals surface area contributed by atoms with E-state index in [-0.39, 0.29) is 5.91 Å². The Morgan fingerprint density at radius 1 is 1.00 bits per heavy atom. The molecular weight excluding hydrogens is 286 g/mol. The van der Waals surface area contributed by atoms with Gasteiger partial charge in [-0.3, -0.25) is 9.78 Å². The van der Waals surface area contributed by atoms with Gasteiger partial charge < -0.3 is 0 Å². The third-order valence-corrected chi connectivity index (χ3v) is 3.63. The van der Waals surface area contributed by atoms with E-state index in [9.17, 15) is 4.79 Å². The molecule has 0 radical (unpaired) electrons. The predicted molar refractivity (Wildman–Crippen MR) is 92.6 cm³/mol. The number of nitrogens with one attached hydrogen (secondary N) is 1. The first-order valence-corrected chi connectivity index (χ1v) is 7.39. The van der Waals surface area contributed by atoms with Crippen molar-refractivity contribution in [3.63, 3.8) is 0 Å². The lowest BCUT2D eigenvalue weighted by Crippen LogP contribution is -2.19. The predicted octanol–water partition coefficient (Wildman–Crippen LogP) is 3.70. The number of carbonyl (C=O) groups is 1. The van der Waals surface area contributed by atoms with Crippen molar-refractivity contribution in [3.8, 4) is 0 Å². The molecule has 0 saturated heterocycles. The average Bonchev–Trinajstić information content (AvgIpc) is 2.59. The van der Waals surface area contributed by atoms with Crippen LogP contribution in [0.4, 0.5) is 0 Å². The van der Waals surface area contributed by atoms with E-state index >= 15 is 0 Å². The number of fused-ring (bicyclic) bond motifs is 1. The minimum absolute atomic E-state index is 0.263. The number of aromatic nitrogens is 1. The Morgan fingerprint density at radius 3 is 2.57 bits per heavy atom. The number of amides is 1. The molecule has 1 aromatic heterocycles. The topological polar surface area (TPSA) is 54.4 Å². The smallest absolute Gasteiger partial charge is 0.267 e. The SMILES string of the molecule is CC(=NNC(=O)c1cncc(C)c1)c1ccc2ccccc2c1. The van der Waals surface area contributed by atoms with Gasteiger partial charge in [0.1, 0.15) is 0 Å². The first-order valence-electron chi connectivity index (χ1n) is 7.39. The average molecular weight is 303 g/mol. The van der Waals surface area contributed by atoms with Crippen LogP contribution in [0, 0.1) is 6.92 Å². The lowest BCUT2D eigenvalue weighted by molar-refractivity contribution is 0.0954. The lowest BCUT2D eigenvalue weighted by atomic mass is 10.0. The van der Waals surface area contributed by atoms with E-state index in [0.717, 1.165) is 22.2 Å². The number of hydrogen-bond acceptors (Lipinski definition) is 3. The van der Waals surface area contributed by atoms with Crippen molar-refractivity contribution in [2.75, 3.05) is 0 Å². The van der Waals surface area contributed by atoms with Gasteiger partial charge in [0.25, 0.3) is 5.91 Å². The van der Waals surface area contributed by atoms with Crippen molar-refractivity contribution < 1.29 is 4.79 Å². The zero-order valence-corrected chi connectivity index (χ0v) is 13.1. The highest BCUT2D eigenvalue weighted by atomic mass is 16.2. The summed E-state index contributed by atoms with van der Waals surface area (Å²) in [4.78, 5) is 16.1. The minimum atomic E-state index is -0.263. The Kier molecular flexibility index (Phi) is 4.15. The summed E-state index contributed by atoms with van der Waals surface area (Å²) in [5, 5.41) is 6.52. The molecule has 1 amide bonds. The van der Waals surface area contributed by atoms with Gasteiger partial charge in [0, 0.05) is 12.4 Å². The van der Waals surface area contributed by atoms with E-state index in [2.05, 4.69) is 39.8 Å². The number of aryl methyl sites for hydroxylation is 1. The molecule has 0 aliphatic heterocycles. The Bertz CT molecular complexity index is 900. The van der Waals surface area contributed by atoms with Crippen LogP contribution in [0.1, 0.15) is 28.4 Å². The van der Waals surface area contributed by atoms with Gasteiger partial charge in [0.2, 0.25) is 0 Å². The molecule has 3 rings (SSSR count). The van der Waals surface area contributed by atoms with Crippen LogP contribution >= 0.6 is 0 Å². The molecule has 0 aliphatic rings. The molecule has 0 saturated carbocycles. The van der Waals surface area contributed by atoms with Crippen LogP contribution in [-0.4, -0.2) is 16.6 Å². The van der Waals surface area contributed by atoms with Crippen LogP contribution in [0.5, 0.6) is 0 Å². The summed E-state index contributed by atoms with van der Waals surface area (Å²) in [6.07, 6.45) is 3.24. The van der Waals surface area contributed by atoms with E-state index in [1.54, 1.807) is 12.3 Å². The Morgan fingerprint density at radius 2 is 1.78 bits per heavy atom. The van der Waals surface area contributed by atoms with Crippen LogP contribution in [0.3, 0.4) is 0 Å². The lowest BCUT2D eigenvalue weighted by Gasteiger charge is -2.05. The third-order valence-electron chi connectivity index (χ3n) is 3.63. The maximum Gasteiger partial charge on any atom is 0.272 e. The molecule has 0 bridgehead atoms. The van der Waals surface area contributed by atoms with Gasteiger partial charge in [0.15, 0.2) is 0 Å². The summed E-state index contributed by atoms with van der Waals surface area (Å²) < 4.78 is 0. The van der Waals surface area contributed by atoms with E-state index < -0.39 is 0 Å². The summed E-state index contributed by atoms with van der Waals surface area (Å²) in [6, 6.07) is 16.0. The van der Waals surface area contributed by atoms with E-state index in [0.29, 0.717) is 5.56 Å². The second-order valence-electron chi connectivity index (χ2n) is 5.45. The molecule has 4 nitrogen and oxygen atoms in total. The van der Waals surface area contributed by atoms with Crippen molar-refractivity contribution in [2.24, 2.45) is 5.10 Å².